The molecule has 2 aliphatic rings. The summed E-state index contributed by atoms with van der Waals surface area (Å²) in [6.07, 6.45) is 8.94. The van der Waals surface area contributed by atoms with E-state index < -0.39 is 0 Å². The maximum absolute atomic E-state index is 6.69. The highest BCUT2D eigenvalue weighted by Gasteiger charge is 2.41. The van der Waals surface area contributed by atoms with Gasteiger partial charge < -0.3 is 10.5 Å². The summed E-state index contributed by atoms with van der Waals surface area (Å²) in [5.41, 5.74) is 9.23. The van der Waals surface area contributed by atoms with Gasteiger partial charge in [0.05, 0.1) is 7.11 Å². The van der Waals surface area contributed by atoms with E-state index >= 15 is 0 Å². The third kappa shape index (κ3) is 1.59. The minimum absolute atomic E-state index is 0.170. The Morgan fingerprint density at radius 1 is 1.35 bits per heavy atom. The number of aryl methyl sites for hydroxylation is 1. The average molecular weight is 229 g/mol. The van der Waals surface area contributed by atoms with Crippen molar-refractivity contribution >= 4 is 0 Å². The molecule has 0 aliphatic heterocycles. The molecule has 3 rings (SSSR count). The first-order valence-electron chi connectivity index (χ1n) is 6.35. The highest BCUT2D eigenvalue weighted by molar-refractivity contribution is 5.43. The minimum atomic E-state index is -0.170. The molecule has 0 spiro atoms. The van der Waals surface area contributed by atoms with Crippen LogP contribution < -0.4 is 10.5 Å². The molecule has 0 saturated heterocycles. The zero-order chi connectivity index (χ0) is 11.9. The largest absolute Gasteiger partial charge is 0.497 e. The van der Waals surface area contributed by atoms with E-state index in [0.717, 1.165) is 25.0 Å². The van der Waals surface area contributed by atoms with Gasteiger partial charge in [-0.15, -0.1) is 0 Å². The van der Waals surface area contributed by atoms with Crippen LogP contribution in [0.5, 0.6) is 5.75 Å². The highest BCUT2D eigenvalue weighted by atomic mass is 16.5. The number of hydrogen-bond acceptors (Lipinski definition) is 2. The van der Waals surface area contributed by atoms with Crippen LogP contribution in [0.1, 0.15) is 30.4 Å². The molecule has 1 aromatic carbocycles. The second-order valence-corrected chi connectivity index (χ2v) is 5.21. The topological polar surface area (TPSA) is 35.2 Å². The van der Waals surface area contributed by atoms with E-state index in [0.29, 0.717) is 5.92 Å². The molecular formula is C15H19NO. The second kappa shape index (κ2) is 3.88. The van der Waals surface area contributed by atoms with Crippen molar-refractivity contribution in [1.29, 1.82) is 0 Å². The fourth-order valence-corrected chi connectivity index (χ4v) is 3.28. The summed E-state index contributed by atoms with van der Waals surface area (Å²) in [5.74, 6) is 1.51. The zero-order valence-electron chi connectivity index (χ0n) is 10.3. The molecule has 0 aromatic heterocycles. The normalized spacial score (nSPS) is 30.6. The van der Waals surface area contributed by atoms with Crippen LogP contribution in [0.4, 0.5) is 0 Å². The number of fused-ring (bicyclic) bond motifs is 3. The quantitative estimate of drug-likeness (QED) is 0.751. The van der Waals surface area contributed by atoms with Crippen LogP contribution in [-0.4, -0.2) is 7.11 Å². The molecule has 90 valence electrons. The van der Waals surface area contributed by atoms with Gasteiger partial charge in [-0.05, 0) is 54.9 Å². The third-order valence-electron chi connectivity index (χ3n) is 4.35. The van der Waals surface area contributed by atoms with E-state index in [1.165, 1.54) is 17.5 Å². The monoisotopic (exact) mass is 229 g/mol. The number of allylic oxidation sites excluding steroid dienone is 1. The van der Waals surface area contributed by atoms with E-state index in [9.17, 15) is 0 Å². The summed E-state index contributed by atoms with van der Waals surface area (Å²) in [4.78, 5) is 0. The lowest BCUT2D eigenvalue weighted by Crippen LogP contribution is -2.48. The zero-order valence-corrected chi connectivity index (χ0v) is 10.3. The Morgan fingerprint density at radius 3 is 3.06 bits per heavy atom. The van der Waals surface area contributed by atoms with Gasteiger partial charge in [0.1, 0.15) is 5.75 Å². The summed E-state index contributed by atoms with van der Waals surface area (Å²) < 4.78 is 5.33. The molecule has 0 heterocycles. The predicted molar refractivity (Wildman–Crippen MR) is 69.0 cm³/mol. The van der Waals surface area contributed by atoms with Crippen LogP contribution in [0, 0.1) is 5.92 Å². The first-order chi connectivity index (χ1) is 8.24. The van der Waals surface area contributed by atoms with Crippen molar-refractivity contribution in [3.8, 4) is 5.75 Å². The Kier molecular flexibility index (Phi) is 2.48. The fraction of sp³-hybridized carbons (Fsp3) is 0.467. The highest BCUT2D eigenvalue weighted by Crippen LogP contribution is 2.45. The van der Waals surface area contributed by atoms with Crippen molar-refractivity contribution in [3.05, 3.63) is 41.5 Å². The maximum atomic E-state index is 6.69. The van der Waals surface area contributed by atoms with Gasteiger partial charge in [0, 0.05) is 5.54 Å². The first-order valence-corrected chi connectivity index (χ1v) is 6.35. The summed E-state index contributed by atoms with van der Waals surface area (Å²) in [7, 11) is 1.71. The molecule has 2 N–H and O–H groups in total. The molecular weight excluding hydrogens is 210 g/mol. The van der Waals surface area contributed by atoms with Crippen LogP contribution in [0.3, 0.4) is 0 Å². The SMILES string of the molecule is COc1ccc2c(c1)[C@@]1(N)CC=CC[C@H]1CC2. The number of hydrogen-bond donors (Lipinski definition) is 1. The van der Waals surface area contributed by atoms with Crippen molar-refractivity contribution in [3.63, 3.8) is 0 Å². The summed E-state index contributed by atoms with van der Waals surface area (Å²) in [6, 6.07) is 6.36. The lowest BCUT2D eigenvalue weighted by Gasteiger charge is -2.44. The van der Waals surface area contributed by atoms with Crippen LogP contribution >= 0.6 is 0 Å². The van der Waals surface area contributed by atoms with Crippen molar-refractivity contribution in [2.75, 3.05) is 7.11 Å². The van der Waals surface area contributed by atoms with Crippen molar-refractivity contribution in [2.45, 2.75) is 31.2 Å². The van der Waals surface area contributed by atoms with E-state index in [4.69, 9.17) is 10.5 Å². The van der Waals surface area contributed by atoms with Crippen LogP contribution in [0.25, 0.3) is 0 Å². The fourth-order valence-electron chi connectivity index (χ4n) is 3.28. The predicted octanol–water partition coefficient (Wildman–Crippen LogP) is 2.76. The lowest BCUT2D eigenvalue weighted by molar-refractivity contribution is 0.231. The lowest BCUT2D eigenvalue weighted by atomic mass is 9.65. The van der Waals surface area contributed by atoms with Crippen LogP contribution in [0.15, 0.2) is 30.4 Å². The van der Waals surface area contributed by atoms with Gasteiger partial charge in [0.25, 0.3) is 0 Å². The molecule has 17 heavy (non-hydrogen) atoms. The number of ether oxygens (including phenoxy) is 1. The molecule has 0 radical (unpaired) electrons. The molecule has 0 unspecified atom stereocenters. The third-order valence-corrected chi connectivity index (χ3v) is 4.35. The molecule has 1 aromatic rings. The molecule has 0 bridgehead atoms. The molecule has 0 fully saturated rings. The van der Waals surface area contributed by atoms with Gasteiger partial charge in [-0.2, -0.15) is 0 Å². The van der Waals surface area contributed by atoms with E-state index in [1.54, 1.807) is 7.11 Å². The van der Waals surface area contributed by atoms with Crippen LogP contribution in [-0.2, 0) is 12.0 Å². The molecule has 0 amide bonds. The van der Waals surface area contributed by atoms with Gasteiger partial charge >= 0.3 is 0 Å². The summed E-state index contributed by atoms with van der Waals surface area (Å²) in [5, 5.41) is 0. The Labute approximate surface area is 102 Å². The van der Waals surface area contributed by atoms with Gasteiger partial charge in [-0.1, -0.05) is 18.2 Å². The Balaban J connectivity index is 2.11. The standard InChI is InChI=1S/C15H19NO/c1-17-13-8-6-11-5-7-12-4-2-3-9-15(12,16)14(11)10-13/h2-3,6,8,10,12H,4-5,7,9,16H2,1H3/t12-,15+/m0/s1. The minimum Gasteiger partial charge on any atom is -0.497 e. The van der Waals surface area contributed by atoms with E-state index in [1.807, 2.05) is 6.07 Å². The number of nitrogens with two attached hydrogens (primary N) is 1. The van der Waals surface area contributed by atoms with Gasteiger partial charge in [0.15, 0.2) is 0 Å². The van der Waals surface area contributed by atoms with Crippen molar-refractivity contribution in [2.24, 2.45) is 11.7 Å². The number of rotatable bonds is 1. The Morgan fingerprint density at radius 2 is 2.24 bits per heavy atom. The average Bonchev–Trinajstić information content (AvgIpc) is 2.38. The molecule has 2 aliphatic carbocycles. The first kappa shape index (κ1) is 10.8. The van der Waals surface area contributed by atoms with Gasteiger partial charge in [0.2, 0.25) is 0 Å². The van der Waals surface area contributed by atoms with E-state index in [-0.39, 0.29) is 5.54 Å². The number of methoxy groups -OCH3 is 1. The van der Waals surface area contributed by atoms with E-state index in [2.05, 4.69) is 24.3 Å². The number of benzene rings is 1. The molecule has 0 saturated carbocycles. The molecule has 2 nitrogen and oxygen atoms in total. The maximum Gasteiger partial charge on any atom is 0.119 e. The summed E-state index contributed by atoms with van der Waals surface area (Å²) >= 11 is 0. The Hall–Kier alpha value is -1.28. The van der Waals surface area contributed by atoms with Crippen molar-refractivity contribution < 1.29 is 4.74 Å². The van der Waals surface area contributed by atoms with Gasteiger partial charge in [-0.3, -0.25) is 0 Å². The second-order valence-electron chi connectivity index (χ2n) is 5.21. The molecule has 2 heteroatoms. The Bertz CT molecular complexity index is 466. The van der Waals surface area contributed by atoms with Gasteiger partial charge in [-0.25, -0.2) is 0 Å². The van der Waals surface area contributed by atoms with Crippen molar-refractivity contribution in [1.82, 2.24) is 0 Å². The smallest absolute Gasteiger partial charge is 0.119 e. The molecule has 2 atom stereocenters. The summed E-state index contributed by atoms with van der Waals surface area (Å²) in [6.45, 7) is 0. The van der Waals surface area contributed by atoms with Crippen LogP contribution in [0.2, 0.25) is 0 Å².